The monoisotopic (exact) mass is 355 g/mol. The summed E-state index contributed by atoms with van der Waals surface area (Å²) in [6.45, 7) is 1.83. The van der Waals surface area contributed by atoms with Crippen LogP contribution in [0.25, 0.3) is 11.1 Å². The van der Waals surface area contributed by atoms with Gasteiger partial charge in [-0.25, -0.2) is 4.98 Å². The molecular weight excluding hydrogens is 332 g/mol. The van der Waals surface area contributed by atoms with Gasteiger partial charge in [-0.2, -0.15) is 9.97 Å². The number of hydrogen-bond donors (Lipinski definition) is 5. The number of benzene rings is 1. The van der Waals surface area contributed by atoms with Gasteiger partial charge in [-0.05, 0) is 44.6 Å². The molecule has 0 aliphatic heterocycles. The molecule has 0 unspecified atom stereocenters. The van der Waals surface area contributed by atoms with Crippen LogP contribution in [-0.2, 0) is 0 Å². The summed E-state index contributed by atoms with van der Waals surface area (Å²) in [5.74, 6) is 0.956. The molecule has 2 heterocycles. The molecule has 0 bridgehead atoms. The number of nitrogens with zero attached hydrogens (tertiary/aromatic N) is 3. The number of rotatable bonds is 8. The zero-order valence-corrected chi connectivity index (χ0v) is 14.6. The topological polar surface area (TPSA) is 156 Å². The van der Waals surface area contributed by atoms with Crippen molar-refractivity contribution in [3.63, 3.8) is 0 Å². The lowest BCUT2D eigenvalue weighted by Gasteiger charge is -2.10. The highest BCUT2D eigenvalue weighted by Crippen LogP contribution is 2.23. The molecule has 3 aromatic rings. The molecule has 0 saturated heterocycles. The first kappa shape index (κ1) is 17.8. The molecule has 0 radical (unpaired) electrons. The van der Waals surface area contributed by atoms with Gasteiger partial charge in [-0.15, -0.1) is 0 Å². The Morgan fingerprint density at radius 2 is 2.12 bits per heavy atom. The highest BCUT2D eigenvalue weighted by molar-refractivity contribution is 6.16. The molecule has 0 amide bonds. The molecule has 1 aromatic carbocycles. The van der Waals surface area contributed by atoms with Crippen LogP contribution >= 0.6 is 0 Å². The van der Waals surface area contributed by atoms with Crippen molar-refractivity contribution in [3.8, 4) is 0 Å². The highest BCUT2D eigenvalue weighted by atomic mass is 16.4. The number of anilines is 2. The summed E-state index contributed by atoms with van der Waals surface area (Å²) in [5.41, 5.74) is 14.2. The molecule has 0 atom stereocenters. The van der Waals surface area contributed by atoms with Crippen molar-refractivity contribution in [2.24, 2.45) is 0 Å². The van der Waals surface area contributed by atoms with Crippen molar-refractivity contribution in [3.05, 3.63) is 35.7 Å². The Hall–Kier alpha value is -3.04. The van der Waals surface area contributed by atoms with Crippen molar-refractivity contribution in [2.75, 3.05) is 31.6 Å². The minimum atomic E-state index is 0.0989. The first-order chi connectivity index (χ1) is 12.6. The standard InChI is InChI=1S/C17H22N8O/c1-21-6-2-3-7-22-16-13(15(19)23-9-24-16)14(18)10-4-5-12-11(8-10)25-17(20)26-12/h4-5,8-9,18,21H,2-3,6-7H2,1H3,(H2,20,25)(H3,19,22,23,24)/p+1. The lowest BCUT2D eigenvalue weighted by Crippen LogP contribution is -2.79. The predicted molar refractivity (Wildman–Crippen MR) is 100 cm³/mol. The molecule has 0 saturated carbocycles. The molecule has 26 heavy (non-hydrogen) atoms. The molecule has 9 heteroatoms. The van der Waals surface area contributed by atoms with E-state index < -0.39 is 0 Å². The third-order valence-electron chi connectivity index (χ3n) is 4.07. The van der Waals surface area contributed by atoms with Gasteiger partial charge in [0.05, 0.1) is 12.3 Å². The quantitative estimate of drug-likeness (QED) is 0.289. The molecular formula is C17H23N8O+. The lowest BCUT2D eigenvalue weighted by atomic mass is 10.0. The molecule has 8 N–H and O–H groups in total. The van der Waals surface area contributed by atoms with Gasteiger partial charge in [0.1, 0.15) is 23.2 Å². The summed E-state index contributed by atoms with van der Waals surface area (Å²) >= 11 is 0. The van der Waals surface area contributed by atoms with E-state index in [0.717, 1.165) is 25.9 Å². The first-order valence-electron chi connectivity index (χ1n) is 8.43. The number of hydrogen-bond acceptors (Lipinski definition) is 8. The van der Waals surface area contributed by atoms with E-state index in [2.05, 4.69) is 20.3 Å². The summed E-state index contributed by atoms with van der Waals surface area (Å²) in [6.07, 6.45) is 3.53. The summed E-state index contributed by atoms with van der Waals surface area (Å²) in [5, 5.41) is 13.7. The average molecular weight is 355 g/mol. The number of nitrogen functional groups attached to an aromatic ring is 2. The lowest BCUT2D eigenvalue weighted by molar-refractivity contribution is -0.575. The molecule has 9 nitrogen and oxygen atoms in total. The minimum Gasteiger partial charge on any atom is -0.424 e. The van der Waals surface area contributed by atoms with Crippen molar-refractivity contribution < 1.29 is 9.73 Å². The van der Waals surface area contributed by atoms with E-state index in [-0.39, 0.29) is 17.5 Å². The Bertz CT molecular complexity index is 920. The maximum absolute atomic E-state index is 8.60. The number of quaternary nitrogens is 1. The van der Waals surface area contributed by atoms with E-state index in [9.17, 15) is 0 Å². The SMILES string of the molecule is CNCCCC[NH2+]c1ncnc(N)c1C(=N)c1ccc2oc(N)nc2c1. The fourth-order valence-electron chi connectivity index (χ4n) is 2.75. The van der Waals surface area contributed by atoms with E-state index in [1.54, 1.807) is 18.2 Å². The Kier molecular flexibility index (Phi) is 5.40. The molecule has 2 aromatic heterocycles. The third kappa shape index (κ3) is 3.79. The van der Waals surface area contributed by atoms with Crippen LogP contribution in [0, 0.1) is 5.41 Å². The molecule has 0 spiro atoms. The normalized spacial score (nSPS) is 11.1. The summed E-state index contributed by atoms with van der Waals surface area (Å²) < 4.78 is 5.28. The zero-order valence-electron chi connectivity index (χ0n) is 14.6. The maximum Gasteiger partial charge on any atom is 0.292 e. The number of nitrogens with one attached hydrogen (secondary N) is 2. The summed E-state index contributed by atoms with van der Waals surface area (Å²) in [7, 11) is 1.94. The van der Waals surface area contributed by atoms with Crippen molar-refractivity contribution in [2.45, 2.75) is 12.8 Å². The first-order valence-corrected chi connectivity index (χ1v) is 8.43. The summed E-state index contributed by atoms with van der Waals surface area (Å²) in [4.78, 5) is 12.5. The predicted octanol–water partition coefficient (Wildman–Crippen LogP) is 0.393. The van der Waals surface area contributed by atoms with Gasteiger partial charge in [-0.1, -0.05) is 0 Å². The highest BCUT2D eigenvalue weighted by Gasteiger charge is 2.20. The Morgan fingerprint density at radius 1 is 1.27 bits per heavy atom. The second-order valence-corrected chi connectivity index (χ2v) is 5.93. The molecule has 0 aliphatic carbocycles. The van der Waals surface area contributed by atoms with Gasteiger partial charge in [0, 0.05) is 5.56 Å². The van der Waals surface area contributed by atoms with Crippen LogP contribution in [0.4, 0.5) is 17.7 Å². The molecule has 0 fully saturated rings. The van der Waals surface area contributed by atoms with Crippen LogP contribution in [-0.4, -0.2) is 40.8 Å². The van der Waals surface area contributed by atoms with Crippen LogP contribution in [0.3, 0.4) is 0 Å². The third-order valence-corrected chi connectivity index (χ3v) is 4.07. The molecule has 3 rings (SSSR count). The number of oxazole rings is 1. The van der Waals surface area contributed by atoms with Gasteiger partial charge >= 0.3 is 0 Å². The molecule has 136 valence electrons. The van der Waals surface area contributed by atoms with Crippen molar-refractivity contribution in [1.82, 2.24) is 20.3 Å². The van der Waals surface area contributed by atoms with Crippen molar-refractivity contribution in [1.29, 1.82) is 5.41 Å². The number of unbranched alkanes of at least 4 members (excludes halogenated alkanes) is 1. The van der Waals surface area contributed by atoms with Crippen LogP contribution in [0.15, 0.2) is 28.9 Å². The van der Waals surface area contributed by atoms with Gasteiger partial charge in [0.25, 0.3) is 6.01 Å². The van der Waals surface area contributed by atoms with Crippen LogP contribution in [0.2, 0.25) is 0 Å². The number of fused-ring (bicyclic) bond motifs is 1. The number of nitrogens with two attached hydrogens (primary N) is 3. The van der Waals surface area contributed by atoms with Gasteiger partial charge in [0.15, 0.2) is 5.58 Å². The Balaban J connectivity index is 1.85. The minimum absolute atomic E-state index is 0.0989. The van der Waals surface area contributed by atoms with Gasteiger partial charge in [-0.3, -0.25) is 10.7 Å². The fourth-order valence-corrected chi connectivity index (χ4v) is 2.75. The maximum atomic E-state index is 8.60. The fraction of sp³-hybridized carbons (Fsp3) is 0.294. The largest absolute Gasteiger partial charge is 0.424 e. The smallest absolute Gasteiger partial charge is 0.292 e. The number of aromatic nitrogens is 3. The molecule has 0 aliphatic rings. The Morgan fingerprint density at radius 3 is 2.92 bits per heavy atom. The second kappa shape index (κ2) is 7.89. The van der Waals surface area contributed by atoms with E-state index in [1.165, 1.54) is 6.33 Å². The van der Waals surface area contributed by atoms with E-state index >= 15 is 0 Å². The van der Waals surface area contributed by atoms with Crippen LogP contribution in [0.5, 0.6) is 0 Å². The van der Waals surface area contributed by atoms with E-state index in [0.29, 0.717) is 28.0 Å². The second-order valence-electron chi connectivity index (χ2n) is 5.93. The average Bonchev–Trinajstić information content (AvgIpc) is 3.00. The van der Waals surface area contributed by atoms with Crippen LogP contribution < -0.4 is 22.1 Å². The van der Waals surface area contributed by atoms with Gasteiger partial charge in [0.2, 0.25) is 5.82 Å². The Labute approximate surface area is 150 Å². The van der Waals surface area contributed by atoms with Gasteiger partial charge < -0.3 is 21.2 Å². The van der Waals surface area contributed by atoms with E-state index in [1.807, 2.05) is 12.4 Å². The van der Waals surface area contributed by atoms with Crippen LogP contribution in [0.1, 0.15) is 24.0 Å². The zero-order chi connectivity index (χ0) is 18.5. The van der Waals surface area contributed by atoms with Crippen molar-refractivity contribution >= 4 is 34.5 Å². The van der Waals surface area contributed by atoms with E-state index in [4.69, 9.17) is 21.3 Å². The summed E-state index contributed by atoms with van der Waals surface area (Å²) in [6, 6.07) is 5.37.